The molecule has 3 heterocycles. The maximum atomic E-state index is 13.4. The van der Waals surface area contributed by atoms with Crippen LogP contribution in [0.15, 0.2) is 64.1 Å². The van der Waals surface area contributed by atoms with Crippen molar-refractivity contribution in [3.05, 3.63) is 80.7 Å². The SMILES string of the molecule is CCn1cnc2c(=O)n(-c3ccc(C)cc3)c(SCc3csc4ccc(Cl)cc34)nc21. The minimum Gasteiger partial charge on any atom is -0.315 e. The van der Waals surface area contributed by atoms with Gasteiger partial charge in [-0.1, -0.05) is 41.1 Å². The molecule has 5 rings (SSSR count). The number of nitrogens with zero attached hydrogens (tertiary/aromatic N) is 4. The molecule has 0 saturated heterocycles. The average Bonchev–Trinajstić information content (AvgIpc) is 3.37. The highest BCUT2D eigenvalue weighted by Gasteiger charge is 2.17. The third kappa shape index (κ3) is 3.67. The van der Waals surface area contributed by atoms with Crippen LogP contribution >= 0.6 is 34.7 Å². The third-order valence-electron chi connectivity index (χ3n) is 5.21. The van der Waals surface area contributed by atoms with Gasteiger partial charge in [0.05, 0.1) is 12.0 Å². The lowest BCUT2D eigenvalue weighted by molar-refractivity contribution is 0.754. The highest BCUT2D eigenvalue weighted by Crippen LogP contribution is 2.33. The molecular weight excluding hydrogens is 448 g/mol. The number of hydrogen-bond acceptors (Lipinski definition) is 5. The number of halogens is 1. The molecule has 3 aromatic heterocycles. The van der Waals surface area contributed by atoms with E-state index in [9.17, 15) is 4.79 Å². The second kappa shape index (κ2) is 8.15. The average molecular weight is 467 g/mol. The molecule has 0 fully saturated rings. The number of aromatic nitrogens is 4. The number of imidazole rings is 1. The van der Waals surface area contributed by atoms with Crippen molar-refractivity contribution in [2.75, 3.05) is 0 Å². The van der Waals surface area contributed by atoms with Gasteiger partial charge in [-0.3, -0.25) is 9.36 Å². The van der Waals surface area contributed by atoms with Crippen LogP contribution in [0.1, 0.15) is 18.1 Å². The molecule has 0 unspecified atom stereocenters. The first-order valence-electron chi connectivity index (χ1n) is 9.88. The Labute approximate surface area is 192 Å². The Kier molecular flexibility index (Phi) is 5.33. The molecule has 2 aromatic carbocycles. The predicted octanol–water partition coefficient (Wildman–Crippen LogP) is 6.07. The molecular formula is C23H19ClN4OS2. The molecule has 31 heavy (non-hydrogen) atoms. The van der Waals surface area contributed by atoms with Gasteiger partial charge < -0.3 is 4.57 Å². The van der Waals surface area contributed by atoms with E-state index in [1.54, 1.807) is 34.0 Å². The van der Waals surface area contributed by atoms with Gasteiger partial charge in [-0.05, 0) is 60.5 Å². The summed E-state index contributed by atoms with van der Waals surface area (Å²) in [5.41, 5.74) is 3.97. The Hall–Kier alpha value is -2.61. The quantitative estimate of drug-likeness (QED) is 0.233. The van der Waals surface area contributed by atoms with Crippen molar-refractivity contribution in [3.63, 3.8) is 0 Å². The fraction of sp³-hybridized carbons (Fsp3) is 0.174. The summed E-state index contributed by atoms with van der Waals surface area (Å²) in [6.07, 6.45) is 1.68. The molecule has 0 atom stereocenters. The van der Waals surface area contributed by atoms with E-state index in [0.29, 0.717) is 28.6 Å². The minimum atomic E-state index is -0.151. The monoisotopic (exact) mass is 466 g/mol. The smallest absolute Gasteiger partial charge is 0.286 e. The summed E-state index contributed by atoms with van der Waals surface area (Å²) in [5.74, 6) is 0.685. The zero-order valence-electron chi connectivity index (χ0n) is 17.0. The summed E-state index contributed by atoms with van der Waals surface area (Å²) in [4.78, 5) is 22.6. The molecule has 156 valence electrons. The molecule has 0 aliphatic rings. The molecule has 0 aliphatic carbocycles. The Morgan fingerprint density at radius 3 is 2.74 bits per heavy atom. The zero-order valence-corrected chi connectivity index (χ0v) is 19.4. The van der Waals surface area contributed by atoms with Crippen LogP contribution in [0.3, 0.4) is 0 Å². The standard InChI is InChI=1S/C23H19ClN4OS2/c1-3-27-13-25-20-21(27)26-23(28(22(20)29)17-7-4-14(2)5-8-17)31-12-15-11-30-19-9-6-16(24)10-18(15)19/h4-11,13H,3,12H2,1-2H3. The Balaban J connectivity index is 1.63. The van der Waals surface area contributed by atoms with Gasteiger partial charge >= 0.3 is 0 Å². The van der Waals surface area contributed by atoms with Crippen LogP contribution in [-0.4, -0.2) is 19.1 Å². The van der Waals surface area contributed by atoms with Gasteiger partial charge in [-0.2, -0.15) is 0 Å². The van der Waals surface area contributed by atoms with Crippen LogP contribution in [0.4, 0.5) is 0 Å². The van der Waals surface area contributed by atoms with Crippen molar-refractivity contribution in [2.24, 2.45) is 0 Å². The van der Waals surface area contributed by atoms with Crippen LogP contribution in [0.25, 0.3) is 26.9 Å². The van der Waals surface area contributed by atoms with Gasteiger partial charge in [-0.25, -0.2) is 9.97 Å². The van der Waals surface area contributed by atoms with Gasteiger partial charge in [0.15, 0.2) is 16.3 Å². The van der Waals surface area contributed by atoms with Crippen LogP contribution < -0.4 is 5.56 Å². The lowest BCUT2D eigenvalue weighted by Crippen LogP contribution is -2.22. The van der Waals surface area contributed by atoms with Gasteiger partial charge in [0.2, 0.25) is 0 Å². The number of benzene rings is 2. The van der Waals surface area contributed by atoms with Gasteiger partial charge in [0.1, 0.15) is 0 Å². The number of rotatable bonds is 5. The molecule has 0 N–H and O–H groups in total. The van der Waals surface area contributed by atoms with Crippen molar-refractivity contribution >= 4 is 55.9 Å². The summed E-state index contributed by atoms with van der Waals surface area (Å²) in [7, 11) is 0. The van der Waals surface area contributed by atoms with Crippen LogP contribution in [0.2, 0.25) is 5.02 Å². The van der Waals surface area contributed by atoms with Gasteiger partial charge in [0, 0.05) is 22.0 Å². The van der Waals surface area contributed by atoms with E-state index in [-0.39, 0.29) is 5.56 Å². The zero-order chi connectivity index (χ0) is 21.5. The van der Waals surface area contributed by atoms with E-state index in [0.717, 1.165) is 21.7 Å². The van der Waals surface area contributed by atoms with Crippen molar-refractivity contribution in [1.29, 1.82) is 0 Å². The molecule has 8 heteroatoms. The highest BCUT2D eigenvalue weighted by molar-refractivity contribution is 7.98. The minimum absolute atomic E-state index is 0.151. The molecule has 5 aromatic rings. The van der Waals surface area contributed by atoms with Crippen LogP contribution in [0.5, 0.6) is 0 Å². The molecule has 5 nitrogen and oxygen atoms in total. The van der Waals surface area contributed by atoms with E-state index < -0.39 is 0 Å². The van der Waals surface area contributed by atoms with E-state index in [1.807, 2.05) is 60.9 Å². The van der Waals surface area contributed by atoms with Crippen molar-refractivity contribution in [1.82, 2.24) is 19.1 Å². The largest absolute Gasteiger partial charge is 0.315 e. The fourth-order valence-corrected chi connectivity index (χ4v) is 5.75. The van der Waals surface area contributed by atoms with E-state index >= 15 is 0 Å². The second-order valence-electron chi connectivity index (χ2n) is 7.26. The molecule has 0 amide bonds. The highest BCUT2D eigenvalue weighted by atomic mass is 35.5. The molecule has 0 bridgehead atoms. The molecule has 0 radical (unpaired) electrons. The van der Waals surface area contributed by atoms with Crippen molar-refractivity contribution in [2.45, 2.75) is 31.3 Å². The Morgan fingerprint density at radius 2 is 1.97 bits per heavy atom. The van der Waals surface area contributed by atoms with E-state index in [4.69, 9.17) is 16.6 Å². The first-order chi connectivity index (χ1) is 15.0. The number of thioether (sulfide) groups is 1. The van der Waals surface area contributed by atoms with E-state index in [2.05, 4.69) is 10.4 Å². The summed E-state index contributed by atoms with van der Waals surface area (Å²) in [6, 6.07) is 13.9. The topological polar surface area (TPSA) is 52.7 Å². The molecule has 0 spiro atoms. The third-order valence-corrected chi connectivity index (χ3v) is 7.45. The van der Waals surface area contributed by atoms with Crippen LogP contribution in [-0.2, 0) is 12.3 Å². The lowest BCUT2D eigenvalue weighted by atomic mass is 10.2. The molecule has 0 aliphatic heterocycles. The Morgan fingerprint density at radius 1 is 1.16 bits per heavy atom. The Bertz CT molecular complexity index is 1470. The summed E-state index contributed by atoms with van der Waals surface area (Å²) < 4.78 is 4.77. The number of thiophene rings is 1. The number of hydrogen-bond donors (Lipinski definition) is 0. The molecule has 0 saturated carbocycles. The number of aryl methyl sites for hydroxylation is 2. The maximum absolute atomic E-state index is 13.4. The first kappa shape index (κ1) is 20.3. The maximum Gasteiger partial charge on any atom is 0.286 e. The van der Waals surface area contributed by atoms with E-state index in [1.165, 1.54) is 10.3 Å². The normalized spacial score (nSPS) is 11.6. The summed E-state index contributed by atoms with van der Waals surface area (Å²) >= 11 is 9.47. The summed E-state index contributed by atoms with van der Waals surface area (Å²) in [5, 5.41) is 4.67. The van der Waals surface area contributed by atoms with Crippen LogP contribution in [0, 0.1) is 6.92 Å². The number of fused-ring (bicyclic) bond motifs is 2. The summed E-state index contributed by atoms with van der Waals surface area (Å²) in [6.45, 7) is 4.75. The van der Waals surface area contributed by atoms with Crippen molar-refractivity contribution in [3.8, 4) is 5.69 Å². The second-order valence-corrected chi connectivity index (χ2v) is 9.55. The van der Waals surface area contributed by atoms with Gasteiger partial charge in [0.25, 0.3) is 5.56 Å². The van der Waals surface area contributed by atoms with Gasteiger partial charge in [-0.15, -0.1) is 11.3 Å². The fourth-order valence-electron chi connectivity index (χ4n) is 3.54. The van der Waals surface area contributed by atoms with Crippen molar-refractivity contribution < 1.29 is 0 Å². The lowest BCUT2D eigenvalue weighted by Gasteiger charge is -2.12. The predicted molar refractivity (Wildman–Crippen MR) is 130 cm³/mol. The first-order valence-corrected chi connectivity index (χ1v) is 12.1.